The highest BCUT2D eigenvalue weighted by Crippen LogP contribution is 2.26. The minimum absolute atomic E-state index is 0.518. The average molecular weight is 348 g/mol. The zero-order valence-electron chi connectivity index (χ0n) is 14.0. The lowest BCUT2D eigenvalue weighted by atomic mass is 10.0. The highest BCUT2D eigenvalue weighted by Gasteiger charge is 2.15. The van der Waals surface area contributed by atoms with Crippen LogP contribution in [0.25, 0.3) is 0 Å². The molecule has 0 aliphatic carbocycles. The molecule has 0 amide bonds. The van der Waals surface area contributed by atoms with Crippen LogP contribution in [0.15, 0.2) is 24.3 Å². The van der Waals surface area contributed by atoms with Crippen LogP contribution in [-0.4, -0.2) is 31.9 Å². The van der Waals surface area contributed by atoms with Crippen LogP contribution < -0.4 is 10.5 Å². The molecule has 2 heterocycles. The number of nitrogens with zero attached hydrogens (tertiary/aromatic N) is 1. The number of nitrogen functional groups attached to an aromatic ring is 1. The van der Waals surface area contributed by atoms with E-state index in [0.717, 1.165) is 55.4 Å². The number of nitrogens with two attached hydrogens (primary N) is 1. The summed E-state index contributed by atoms with van der Waals surface area (Å²) >= 11 is 1.53. The molecule has 0 saturated carbocycles. The van der Waals surface area contributed by atoms with E-state index in [4.69, 9.17) is 19.9 Å². The fourth-order valence-electron chi connectivity index (χ4n) is 2.86. The molecule has 0 spiro atoms. The molecule has 0 unspecified atom stereocenters. The zero-order valence-corrected chi connectivity index (χ0v) is 14.8. The molecule has 1 aliphatic heterocycles. The van der Waals surface area contributed by atoms with E-state index >= 15 is 0 Å². The summed E-state index contributed by atoms with van der Waals surface area (Å²) in [6.07, 6.45) is 2.95. The van der Waals surface area contributed by atoms with Gasteiger partial charge < -0.3 is 19.9 Å². The number of rotatable bonds is 7. The Hall–Kier alpha value is -1.63. The monoisotopic (exact) mass is 348 g/mol. The molecule has 130 valence electrons. The maximum atomic E-state index is 5.91. The molecule has 6 heteroatoms. The van der Waals surface area contributed by atoms with Crippen molar-refractivity contribution in [2.45, 2.75) is 25.9 Å². The van der Waals surface area contributed by atoms with Gasteiger partial charge in [0.2, 0.25) is 0 Å². The Labute approximate surface area is 146 Å². The second kappa shape index (κ2) is 8.46. The van der Waals surface area contributed by atoms with E-state index in [-0.39, 0.29) is 0 Å². The van der Waals surface area contributed by atoms with Crippen molar-refractivity contribution in [1.82, 2.24) is 4.98 Å². The second-order valence-electron chi connectivity index (χ2n) is 6.02. The third-order valence-electron chi connectivity index (χ3n) is 4.23. The van der Waals surface area contributed by atoms with Gasteiger partial charge in [-0.05, 0) is 36.5 Å². The van der Waals surface area contributed by atoms with E-state index in [1.165, 1.54) is 16.9 Å². The fraction of sp³-hybridized carbons (Fsp3) is 0.500. The molecular formula is C18H24N2O3S. The van der Waals surface area contributed by atoms with Crippen molar-refractivity contribution in [3.63, 3.8) is 0 Å². The van der Waals surface area contributed by atoms with E-state index in [0.29, 0.717) is 17.7 Å². The smallest absolute Gasteiger partial charge is 0.180 e. The van der Waals surface area contributed by atoms with Crippen molar-refractivity contribution in [3.05, 3.63) is 40.4 Å². The van der Waals surface area contributed by atoms with Crippen LogP contribution in [0.4, 0.5) is 5.13 Å². The van der Waals surface area contributed by atoms with Crippen molar-refractivity contribution >= 4 is 16.5 Å². The van der Waals surface area contributed by atoms with E-state index in [1.807, 2.05) is 18.2 Å². The summed E-state index contributed by atoms with van der Waals surface area (Å²) in [5.74, 6) is 1.46. The van der Waals surface area contributed by atoms with Crippen molar-refractivity contribution < 1.29 is 14.2 Å². The van der Waals surface area contributed by atoms with E-state index in [1.54, 1.807) is 7.11 Å². The molecule has 1 fully saturated rings. The highest BCUT2D eigenvalue weighted by atomic mass is 32.1. The number of benzene rings is 1. The van der Waals surface area contributed by atoms with Gasteiger partial charge in [0, 0.05) is 24.5 Å². The summed E-state index contributed by atoms with van der Waals surface area (Å²) in [5, 5.41) is 0.595. The lowest BCUT2D eigenvalue weighted by Gasteiger charge is -2.21. The van der Waals surface area contributed by atoms with E-state index < -0.39 is 0 Å². The summed E-state index contributed by atoms with van der Waals surface area (Å²) < 4.78 is 16.6. The Balaban J connectivity index is 1.59. The molecule has 0 bridgehead atoms. The lowest BCUT2D eigenvalue weighted by Crippen LogP contribution is -2.20. The topological polar surface area (TPSA) is 66.6 Å². The third-order valence-corrected chi connectivity index (χ3v) is 5.15. The molecule has 1 aliphatic rings. The molecule has 1 aromatic carbocycles. The van der Waals surface area contributed by atoms with Gasteiger partial charge in [0.1, 0.15) is 5.75 Å². The largest absolute Gasteiger partial charge is 0.497 e. The molecule has 1 aromatic heterocycles. The minimum Gasteiger partial charge on any atom is -0.497 e. The van der Waals surface area contributed by atoms with Gasteiger partial charge in [-0.2, -0.15) is 0 Å². The van der Waals surface area contributed by atoms with Crippen LogP contribution >= 0.6 is 11.3 Å². The first-order valence-corrected chi connectivity index (χ1v) is 9.08. The first-order valence-electron chi connectivity index (χ1n) is 8.27. The van der Waals surface area contributed by atoms with Gasteiger partial charge in [-0.25, -0.2) is 4.98 Å². The van der Waals surface area contributed by atoms with Crippen LogP contribution in [0.3, 0.4) is 0 Å². The number of thiazole rings is 1. The predicted octanol–water partition coefficient (Wildman–Crippen LogP) is 3.27. The molecule has 3 rings (SSSR count). The molecule has 1 saturated heterocycles. The predicted molar refractivity (Wildman–Crippen MR) is 95.5 cm³/mol. The Morgan fingerprint density at radius 3 is 2.96 bits per heavy atom. The van der Waals surface area contributed by atoms with Crippen LogP contribution in [0.1, 0.15) is 29.0 Å². The van der Waals surface area contributed by atoms with Gasteiger partial charge in [-0.3, -0.25) is 0 Å². The third kappa shape index (κ3) is 4.69. The van der Waals surface area contributed by atoms with Crippen LogP contribution in [0.5, 0.6) is 5.75 Å². The molecule has 24 heavy (non-hydrogen) atoms. The lowest BCUT2D eigenvalue weighted by molar-refractivity contribution is 0.0150. The summed E-state index contributed by atoms with van der Waals surface area (Å²) in [7, 11) is 1.68. The quantitative estimate of drug-likeness (QED) is 0.832. The van der Waals surface area contributed by atoms with Gasteiger partial charge in [0.25, 0.3) is 0 Å². The van der Waals surface area contributed by atoms with E-state index in [2.05, 4.69) is 11.1 Å². The Kier molecular flexibility index (Phi) is 6.07. The highest BCUT2D eigenvalue weighted by molar-refractivity contribution is 7.15. The van der Waals surface area contributed by atoms with Crippen molar-refractivity contribution in [1.29, 1.82) is 0 Å². The summed E-state index contributed by atoms with van der Waals surface area (Å²) in [5.41, 5.74) is 8.05. The Morgan fingerprint density at radius 2 is 2.17 bits per heavy atom. The van der Waals surface area contributed by atoms with Gasteiger partial charge in [0.05, 0.1) is 26.0 Å². The number of anilines is 1. The number of aromatic nitrogens is 1. The summed E-state index contributed by atoms with van der Waals surface area (Å²) in [6.45, 7) is 2.97. The van der Waals surface area contributed by atoms with Crippen LogP contribution in [0, 0.1) is 5.92 Å². The van der Waals surface area contributed by atoms with Crippen LogP contribution in [0.2, 0.25) is 0 Å². The first-order chi connectivity index (χ1) is 11.7. The standard InChI is InChI=1S/C18H24N2O3S/c1-21-15-4-2-3-14(9-15)10-17-16(20-18(19)24-17)12-23-11-13-5-7-22-8-6-13/h2-4,9,13H,5-8,10-12H2,1H3,(H2,19,20). The zero-order chi connectivity index (χ0) is 16.8. The minimum atomic E-state index is 0.518. The van der Waals surface area contributed by atoms with Gasteiger partial charge >= 0.3 is 0 Å². The van der Waals surface area contributed by atoms with Gasteiger partial charge in [-0.1, -0.05) is 12.1 Å². The van der Waals surface area contributed by atoms with Crippen LogP contribution in [-0.2, 0) is 22.5 Å². The molecule has 2 aromatic rings. The number of methoxy groups -OCH3 is 1. The maximum Gasteiger partial charge on any atom is 0.180 e. The molecule has 0 radical (unpaired) electrons. The number of ether oxygens (including phenoxy) is 3. The van der Waals surface area contributed by atoms with Crippen molar-refractivity contribution in [3.8, 4) is 5.75 Å². The van der Waals surface area contributed by atoms with Crippen molar-refractivity contribution in [2.75, 3.05) is 32.7 Å². The molecule has 0 atom stereocenters. The fourth-order valence-corrected chi connectivity index (χ4v) is 3.73. The SMILES string of the molecule is COc1cccc(Cc2sc(N)nc2COCC2CCOCC2)c1. The van der Waals surface area contributed by atoms with Crippen molar-refractivity contribution in [2.24, 2.45) is 5.92 Å². The van der Waals surface area contributed by atoms with Gasteiger partial charge in [0.15, 0.2) is 5.13 Å². The molecule has 2 N–H and O–H groups in total. The average Bonchev–Trinajstić information content (AvgIpc) is 2.95. The number of hydrogen-bond donors (Lipinski definition) is 1. The Morgan fingerprint density at radius 1 is 1.33 bits per heavy atom. The second-order valence-corrected chi connectivity index (χ2v) is 7.14. The summed E-state index contributed by atoms with van der Waals surface area (Å²) in [4.78, 5) is 5.61. The van der Waals surface area contributed by atoms with E-state index in [9.17, 15) is 0 Å². The first kappa shape index (κ1) is 17.2. The Bertz CT molecular complexity index is 653. The van der Waals surface area contributed by atoms with Gasteiger partial charge in [-0.15, -0.1) is 11.3 Å². The number of hydrogen-bond acceptors (Lipinski definition) is 6. The molecule has 5 nitrogen and oxygen atoms in total. The summed E-state index contributed by atoms with van der Waals surface area (Å²) in [6, 6.07) is 8.08. The maximum absolute atomic E-state index is 5.91. The normalized spacial score (nSPS) is 15.5. The molecular weight excluding hydrogens is 324 g/mol.